The lowest BCUT2D eigenvalue weighted by Crippen LogP contribution is -1.97. The van der Waals surface area contributed by atoms with E-state index in [9.17, 15) is 0 Å². The van der Waals surface area contributed by atoms with Gasteiger partial charge in [0.1, 0.15) is 0 Å². The van der Waals surface area contributed by atoms with Crippen molar-refractivity contribution in [2.75, 3.05) is 0 Å². The van der Waals surface area contributed by atoms with Crippen molar-refractivity contribution in [2.24, 2.45) is 0 Å². The topological polar surface area (TPSA) is 9.86 Å². The van der Waals surface area contributed by atoms with Crippen LogP contribution in [-0.2, 0) is 0 Å². The van der Waals surface area contributed by atoms with Crippen molar-refractivity contribution in [2.45, 2.75) is 0 Å². The van der Waals surface area contributed by atoms with Crippen LogP contribution in [0, 0.1) is 0 Å². The third-order valence-corrected chi connectivity index (χ3v) is 10.1. The summed E-state index contributed by atoms with van der Waals surface area (Å²) < 4.78 is 4.87. The van der Waals surface area contributed by atoms with E-state index in [0.717, 1.165) is 0 Å². The number of benzene rings is 8. The van der Waals surface area contributed by atoms with Crippen LogP contribution in [0.3, 0.4) is 0 Å². The molecule has 8 aromatic carbocycles. The zero-order chi connectivity index (χ0) is 33.0. The van der Waals surface area contributed by atoms with Crippen LogP contribution < -0.4 is 0 Å². The molecule has 0 aliphatic rings. The molecule has 2 heterocycles. The van der Waals surface area contributed by atoms with Crippen LogP contribution in [0.5, 0.6) is 0 Å². The highest BCUT2D eigenvalue weighted by Gasteiger charge is 2.18. The highest BCUT2D eigenvalue weighted by Crippen LogP contribution is 2.40. The van der Waals surface area contributed by atoms with E-state index >= 15 is 0 Å². The molecular formula is C48H32N2. The van der Waals surface area contributed by atoms with Crippen LogP contribution in [0.2, 0.25) is 0 Å². The van der Waals surface area contributed by atoms with Crippen molar-refractivity contribution in [1.82, 2.24) is 9.13 Å². The number of hydrogen-bond donors (Lipinski definition) is 0. The first-order valence-corrected chi connectivity index (χ1v) is 17.2. The summed E-state index contributed by atoms with van der Waals surface area (Å²) in [6.07, 6.45) is 0. The van der Waals surface area contributed by atoms with E-state index in [0.29, 0.717) is 0 Å². The Bertz CT molecular complexity index is 2860. The van der Waals surface area contributed by atoms with Crippen LogP contribution in [0.4, 0.5) is 0 Å². The van der Waals surface area contributed by atoms with Crippen molar-refractivity contribution in [3.8, 4) is 44.8 Å². The van der Waals surface area contributed by atoms with Crippen LogP contribution >= 0.6 is 0 Å². The van der Waals surface area contributed by atoms with E-state index in [1.54, 1.807) is 0 Å². The third-order valence-electron chi connectivity index (χ3n) is 10.1. The van der Waals surface area contributed by atoms with Gasteiger partial charge in [0.05, 0.1) is 33.4 Å². The summed E-state index contributed by atoms with van der Waals surface area (Å²) >= 11 is 0. The Labute approximate surface area is 290 Å². The zero-order valence-corrected chi connectivity index (χ0v) is 27.4. The maximum atomic E-state index is 2.45. The van der Waals surface area contributed by atoms with Gasteiger partial charge >= 0.3 is 0 Å². The first kappa shape index (κ1) is 28.4. The quantitative estimate of drug-likeness (QED) is 0.178. The minimum Gasteiger partial charge on any atom is -0.309 e. The number of fused-ring (bicyclic) bond motifs is 6. The summed E-state index contributed by atoms with van der Waals surface area (Å²) in [6, 6.07) is 70.4. The van der Waals surface area contributed by atoms with E-state index in [-0.39, 0.29) is 0 Å². The van der Waals surface area contributed by atoms with E-state index in [1.807, 2.05) is 0 Å². The summed E-state index contributed by atoms with van der Waals surface area (Å²) in [4.78, 5) is 0. The van der Waals surface area contributed by atoms with Gasteiger partial charge in [-0.05, 0) is 64.7 Å². The van der Waals surface area contributed by atoms with Gasteiger partial charge in [-0.1, -0.05) is 152 Å². The van der Waals surface area contributed by atoms with Crippen LogP contribution in [0.15, 0.2) is 194 Å². The molecule has 0 bridgehead atoms. The van der Waals surface area contributed by atoms with Gasteiger partial charge in [0.15, 0.2) is 0 Å². The Hall–Kier alpha value is -6.64. The summed E-state index contributed by atoms with van der Waals surface area (Å²) in [6.45, 7) is 0. The van der Waals surface area contributed by atoms with Crippen LogP contribution in [0.1, 0.15) is 0 Å². The molecule has 2 heteroatoms. The molecule has 234 valence electrons. The van der Waals surface area contributed by atoms with Gasteiger partial charge in [-0.15, -0.1) is 0 Å². The second kappa shape index (κ2) is 11.5. The summed E-state index contributed by atoms with van der Waals surface area (Å²) in [7, 11) is 0. The fourth-order valence-electron chi connectivity index (χ4n) is 7.88. The smallest absolute Gasteiger partial charge is 0.0547 e. The van der Waals surface area contributed by atoms with E-state index < -0.39 is 0 Å². The van der Waals surface area contributed by atoms with E-state index in [4.69, 9.17) is 0 Å². The molecule has 0 saturated carbocycles. The summed E-state index contributed by atoms with van der Waals surface area (Å²) in [5.41, 5.74) is 14.4. The number of nitrogens with zero attached hydrogens (tertiary/aromatic N) is 2. The molecule has 0 aliphatic heterocycles. The molecule has 0 saturated heterocycles. The highest BCUT2D eigenvalue weighted by atomic mass is 15.0. The Morgan fingerprint density at radius 3 is 1.28 bits per heavy atom. The second-order valence-corrected chi connectivity index (χ2v) is 12.9. The molecule has 0 aliphatic carbocycles. The predicted molar refractivity (Wildman–Crippen MR) is 211 cm³/mol. The Balaban J connectivity index is 1.19. The highest BCUT2D eigenvalue weighted by molar-refractivity contribution is 6.13. The number of aromatic nitrogens is 2. The molecule has 2 nitrogen and oxygen atoms in total. The Morgan fingerprint density at radius 2 is 0.660 bits per heavy atom. The van der Waals surface area contributed by atoms with Crippen molar-refractivity contribution in [1.29, 1.82) is 0 Å². The van der Waals surface area contributed by atoms with Gasteiger partial charge < -0.3 is 9.13 Å². The monoisotopic (exact) mass is 636 g/mol. The molecule has 0 amide bonds. The fraction of sp³-hybridized carbons (Fsp3) is 0. The van der Waals surface area contributed by atoms with Crippen molar-refractivity contribution >= 4 is 43.6 Å². The predicted octanol–water partition coefficient (Wildman–Crippen LogP) is 12.9. The normalized spacial score (nSPS) is 11.6. The minimum atomic E-state index is 1.18. The van der Waals surface area contributed by atoms with Gasteiger partial charge in [-0.2, -0.15) is 0 Å². The first-order chi connectivity index (χ1) is 24.8. The molecule has 10 rings (SSSR count). The molecule has 0 radical (unpaired) electrons. The van der Waals surface area contributed by atoms with Crippen molar-refractivity contribution in [3.05, 3.63) is 194 Å². The number of rotatable bonds is 5. The van der Waals surface area contributed by atoms with Gasteiger partial charge in [-0.3, -0.25) is 0 Å². The zero-order valence-electron chi connectivity index (χ0n) is 27.4. The maximum Gasteiger partial charge on any atom is 0.0547 e. The molecule has 10 aromatic rings. The Morgan fingerprint density at radius 1 is 0.240 bits per heavy atom. The van der Waals surface area contributed by atoms with Gasteiger partial charge in [0, 0.05) is 32.7 Å². The third kappa shape index (κ3) is 4.43. The summed E-state index contributed by atoms with van der Waals surface area (Å²) in [5, 5.41) is 5.00. The van der Waals surface area contributed by atoms with Crippen molar-refractivity contribution < 1.29 is 0 Å². The average Bonchev–Trinajstić information content (AvgIpc) is 3.70. The molecule has 2 aromatic heterocycles. The molecule has 0 N–H and O–H groups in total. The van der Waals surface area contributed by atoms with Crippen LogP contribution in [0.25, 0.3) is 88.4 Å². The number of para-hydroxylation sites is 4. The van der Waals surface area contributed by atoms with E-state index in [2.05, 4.69) is 203 Å². The summed E-state index contributed by atoms with van der Waals surface area (Å²) in [5.74, 6) is 0. The molecular weight excluding hydrogens is 605 g/mol. The lowest BCUT2D eigenvalue weighted by molar-refractivity contribution is 1.18. The molecule has 0 unspecified atom stereocenters. The minimum absolute atomic E-state index is 1.18. The second-order valence-electron chi connectivity index (χ2n) is 12.9. The molecule has 0 atom stereocenters. The maximum absolute atomic E-state index is 2.45. The molecule has 0 fully saturated rings. The van der Waals surface area contributed by atoms with E-state index in [1.165, 1.54) is 88.4 Å². The SMILES string of the molecule is c1ccc(-c2ccccc2-n2c3ccccc3c3cc(-c4ccc5c6ccccc6n(-c6ccccc6-c6ccccc6)c5c4)ccc32)cc1. The number of hydrogen-bond acceptors (Lipinski definition) is 0. The van der Waals surface area contributed by atoms with Gasteiger partial charge in [0.2, 0.25) is 0 Å². The molecule has 0 spiro atoms. The lowest BCUT2D eigenvalue weighted by atomic mass is 10.0. The largest absolute Gasteiger partial charge is 0.309 e. The standard InChI is InChI=1S/C48H32N2/c1-3-15-33(16-4-1)37-19-7-11-23-43(37)49-46-26-14-10-22-40(46)42-31-35(28-30-47(42)49)36-27-29-41-39-21-9-13-25-45(39)50(48(41)32-36)44-24-12-8-20-38(44)34-17-5-2-6-18-34/h1-32H. The first-order valence-electron chi connectivity index (χ1n) is 17.2. The molecule has 50 heavy (non-hydrogen) atoms. The van der Waals surface area contributed by atoms with Gasteiger partial charge in [-0.25, -0.2) is 0 Å². The van der Waals surface area contributed by atoms with Crippen molar-refractivity contribution in [3.63, 3.8) is 0 Å². The Kier molecular flexibility index (Phi) is 6.53. The fourth-order valence-corrected chi connectivity index (χ4v) is 7.88. The van der Waals surface area contributed by atoms with Crippen LogP contribution in [-0.4, -0.2) is 9.13 Å². The van der Waals surface area contributed by atoms with Gasteiger partial charge in [0.25, 0.3) is 0 Å². The average molecular weight is 637 g/mol. The lowest BCUT2D eigenvalue weighted by Gasteiger charge is -2.15.